The minimum Gasteiger partial charge on any atom is -0.455 e. The van der Waals surface area contributed by atoms with Gasteiger partial charge in [-0.15, -0.1) is 13.2 Å². The van der Waals surface area contributed by atoms with Crippen molar-refractivity contribution in [1.82, 2.24) is 14.7 Å². The quantitative estimate of drug-likeness (QED) is 0.168. The second-order valence-corrected chi connectivity index (χ2v) is 15.8. The fourth-order valence-electron chi connectivity index (χ4n) is 7.69. The molecule has 0 radical (unpaired) electrons. The van der Waals surface area contributed by atoms with E-state index in [2.05, 4.69) is 29.1 Å². The van der Waals surface area contributed by atoms with Crippen LogP contribution in [0.25, 0.3) is 0 Å². The van der Waals surface area contributed by atoms with Crippen molar-refractivity contribution in [3.63, 3.8) is 0 Å². The van der Waals surface area contributed by atoms with Gasteiger partial charge in [-0.25, -0.2) is 0 Å². The number of hydrogen-bond acceptors (Lipinski definition) is 7. The van der Waals surface area contributed by atoms with Crippen molar-refractivity contribution in [2.45, 2.75) is 107 Å². The molecule has 9 atom stereocenters. The number of benzene rings is 1. The summed E-state index contributed by atoms with van der Waals surface area (Å²) in [4.78, 5) is 61.3. The molecule has 1 aromatic rings. The highest BCUT2D eigenvalue weighted by Gasteiger charge is 2.78. The van der Waals surface area contributed by atoms with E-state index in [9.17, 15) is 24.3 Å². The summed E-state index contributed by atoms with van der Waals surface area (Å²) in [6, 6.07) is 6.93. The molecule has 1 spiro atoms. The maximum Gasteiger partial charge on any atom is 0.313 e. The molecule has 2 bridgehead atoms. The van der Waals surface area contributed by atoms with E-state index in [-0.39, 0.29) is 42.1 Å². The van der Waals surface area contributed by atoms with Crippen molar-refractivity contribution in [3.8, 4) is 0 Å². The van der Waals surface area contributed by atoms with Crippen LogP contribution in [-0.4, -0.2) is 104 Å². The minimum absolute atomic E-state index is 0.114. The first-order valence-corrected chi connectivity index (χ1v) is 17.8. The second-order valence-electron chi connectivity index (χ2n) is 14.7. The van der Waals surface area contributed by atoms with Crippen molar-refractivity contribution in [1.29, 1.82) is 0 Å². The summed E-state index contributed by atoms with van der Waals surface area (Å²) in [6.07, 6.45) is 2.89. The highest BCUT2D eigenvalue weighted by Crippen LogP contribution is 2.61. The molecule has 264 valence electrons. The van der Waals surface area contributed by atoms with Crippen LogP contribution >= 0.6 is 15.9 Å². The first-order chi connectivity index (χ1) is 22.6. The molecule has 0 aromatic heterocycles. The van der Waals surface area contributed by atoms with Gasteiger partial charge in [0.2, 0.25) is 17.7 Å². The van der Waals surface area contributed by atoms with E-state index in [1.807, 2.05) is 71.9 Å². The third kappa shape index (κ3) is 6.74. The van der Waals surface area contributed by atoms with Gasteiger partial charge in [-0.1, -0.05) is 72.3 Å². The van der Waals surface area contributed by atoms with Crippen LogP contribution in [0.5, 0.6) is 0 Å². The maximum absolute atomic E-state index is 14.7. The number of fused-ring (bicyclic) bond motifs is 1. The lowest BCUT2D eigenvalue weighted by Gasteiger charge is -2.44. The molecule has 3 saturated heterocycles. The number of rotatable bonds is 14. The van der Waals surface area contributed by atoms with Crippen molar-refractivity contribution < 1.29 is 33.8 Å². The summed E-state index contributed by atoms with van der Waals surface area (Å²) in [5.74, 6) is -3.68. The van der Waals surface area contributed by atoms with Crippen molar-refractivity contribution in [3.05, 3.63) is 61.2 Å². The standard InChI is InChI=1S/C37H52BrN3O7/c1-10-12-18-27(43)39(9)23(5)30(24-16-14-13-15-17-24)47-35(46)28-29-33(44)41(26(21-42)22(3)4)32(37(29)20-25(38)31(28)48-37)34(45)40(19-11-2)36(6,7)8/h10-11,13-17,22-23,25-26,28-32,42H,1-2,12,18-21H2,3-9H3/t23-,25?,26-,28+,29-,30+,31+,32+,37-/m0/s1. The molecule has 1 unspecified atom stereocenters. The molecule has 1 N–H and O–H groups in total. The van der Waals surface area contributed by atoms with Gasteiger partial charge in [-0.3, -0.25) is 19.2 Å². The third-order valence-electron chi connectivity index (χ3n) is 10.3. The number of carbonyl (C=O) groups is 4. The van der Waals surface area contributed by atoms with E-state index < -0.39 is 65.2 Å². The number of allylic oxidation sites excluding steroid dienone is 1. The Balaban J connectivity index is 1.78. The molecule has 4 rings (SSSR count). The van der Waals surface area contributed by atoms with Gasteiger partial charge in [0.1, 0.15) is 17.7 Å². The zero-order chi connectivity index (χ0) is 35.7. The number of aliphatic hydroxyl groups excluding tert-OH is 1. The molecule has 3 amide bonds. The number of nitrogens with zero attached hydrogens (tertiary/aromatic N) is 3. The molecule has 3 aliphatic rings. The molecule has 1 aromatic carbocycles. The Labute approximate surface area is 293 Å². The molecule has 48 heavy (non-hydrogen) atoms. The lowest BCUT2D eigenvalue weighted by molar-refractivity contribution is -0.165. The van der Waals surface area contributed by atoms with Crippen LogP contribution in [0.15, 0.2) is 55.6 Å². The van der Waals surface area contributed by atoms with Crippen molar-refractivity contribution >= 4 is 39.6 Å². The van der Waals surface area contributed by atoms with E-state index in [4.69, 9.17) is 9.47 Å². The minimum atomic E-state index is -1.32. The van der Waals surface area contributed by atoms with Gasteiger partial charge < -0.3 is 29.3 Å². The number of likely N-dealkylation sites (N-methyl/N-ethyl adjacent to an activating group) is 1. The smallest absolute Gasteiger partial charge is 0.313 e. The van der Waals surface area contributed by atoms with Crippen molar-refractivity contribution in [2.75, 3.05) is 20.2 Å². The van der Waals surface area contributed by atoms with Gasteiger partial charge in [0.15, 0.2) is 0 Å². The van der Waals surface area contributed by atoms with Gasteiger partial charge >= 0.3 is 5.97 Å². The van der Waals surface area contributed by atoms with Gasteiger partial charge in [-0.05, 0) is 52.0 Å². The predicted octanol–water partition coefficient (Wildman–Crippen LogP) is 4.66. The topological polar surface area (TPSA) is 117 Å². The maximum atomic E-state index is 14.7. The number of halogens is 1. The van der Waals surface area contributed by atoms with Crippen LogP contribution in [0.3, 0.4) is 0 Å². The average Bonchev–Trinajstić information content (AvgIpc) is 3.63. The predicted molar refractivity (Wildman–Crippen MR) is 187 cm³/mol. The monoisotopic (exact) mass is 729 g/mol. The lowest BCUT2D eigenvalue weighted by atomic mass is 9.70. The van der Waals surface area contributed by atoms with Crippen LogP contribution in [0, 0.1) is 17.8 Å². The van der Waals surface area contributed by atoms with Crippen LogP contribution in [0.2, 0.25) is 0 Å². The first-order valence-electron chi connectivity index (χ1n) is 16.9. The Morgan fingerprint density at radius 3 is 2.35 bits per heavy atom. The lowest BCUT2D eigenvalue weighted by Crippen LogP contribution is -2.62. The SMILES string of the molecule is C=CCCC(=O)N(C)[C@@H](C)[C@@H](OC(=O)[C@H]1[C@@H]2O[C@@]3(CC2Br)[C@@H]1C(=O)N([C@@H](CO)C(C)C)[C@@H]3C(=O)N(CC=C)C(C)(C)C)c1ccccc1. The zero-order valence-electron chi connectivity index (χ0n) is 29.3. The fraction of sp³-hybridized carbons (Fsp3) is 0.622. The number of likely N-dealkylation sites (tertiary alicyclic amines) is 1. The largest absolute Gasteiger partial charge is 0.455 e. The zero-order valence-corrected chi connectivity index (χ0v) is 30.9. The molecular formula is C37H52BrN3O7. The van der Waals surface area contributed by atoms with Gasteiger partial charge in [-0.2, -0.15) is 0 Å². The first kappa shape index (κ1) is 37.8. The van der Waals surface area contributed by atoms with E-state index in [0.717, 1.165) is 0 Å². The molecule has 3 fully saturated rings. The van der Waals surface area contributed by atoms with Crippen molar-refractivity contribution in [2.24, 2.45) is 17.8 Å². The second kappa shape index (κ2) is 14.8. The Morgan fingerprint density at radius 1 is 1.17 bits per heavy atom. The summed E-state index contributed by atoms with van der Waals surface area (Å²) in [5, 5.41) is 10.6. The Hall–Kier alpha value is -3.02. The summed E-state index contributed by atoms with van der Waals surface area (Å²) in [6.45, 7) is 18.8. The van der Waals surface area contributed by atoms with Gasteiger partial charge in [0, 0.05) is 30.4 Å². The Kier molecular flexibility index (Phi) is 11.7. The number of alkyl halides is 1. The number of ether oxygens (including phenoxy) is 2. The molecule has 3 aliphatic heterocycles. The molecule has 0 aliphatic carbocycles. The van der Waals surface area contributed by atoms with Gasteiger partial charge in [0.25, 0.3) is 0 Å². The van der Waals surface area contributed by atoms with Crippen LogP contribution in [0.4, 0.5) is 0 Å². The molecule has 10 nitrogen and oxygen atoms in total. The number of hydrogen-bond donors (Lipinski definition) is 1. The molecule has 0 saturated carbocycles. The van der Waals surface area contributed by atoms with Crippen LogP contribution < -0.4 is 0 Å². The van der Waals surface area contributed by atoms with E-state index >= 15 is 0 Å². The molecule has 11 heteroatoms. The van der Waals surface area contributed by atoms with E-state index in [0.29, 0.717) is 18.4 Å². The molecule has 3 heterocycles. The number of carbonyl (C=O) groups excluding carboxylic acids is 4. The number of amides is 3. The summed E-state index contributed by atoms with van der Waals surface area (Å²) >= 11 is 3.73. The molecular weight excluding hydrogens is 678 g/mol. The van der Waals surface area contributed by atoms with Crippen LogP contribution in [-0.2, 0) is 28.7 Å². The highest BCUT2D eigenvalue weighted by molar-refractivity contribution is 9.09. The summed E-state index contributed by atoms with van der Waals surface area (Å²) in [7, 11) is 1.68. The normalized spacial score (nSPS) is 28.1. The fourth-order valence-corrected chi connectivity index (χ4v) is 8.63. The van der Waals surface area contributed by atoms with E-state index in [1.165, 1.54) is 4.90 Å². The summed E-state index contributed by atoms with van der Waals surface area (Å²) in [5.41, 5.74) is -1.23. The number of esters is 1. The third-order valence-corrected chi connectivity index (χ3v) is 11.2. The number of aliphatic hydroxyl groups is 1. The average molecular weight is 731 g/mol. The van der Waals surface area contributed by atoms with Crippen LogP contribution in [0.1, 0.15) is 72.5 Å². The Morgan fingerprint density at radius 2 is 1.81 bits per heavy atom. The Bertz CT molecular complexity index is 1380. The highest BCUT2D eigenvalue weighted by atomic mass is 79.9. The van der Waals surface area contributed by atoms with E-state index in [1.54, 1.807) is 29.0 Å². The van der Waals surface area contributed by atoms with Gasteiger partial charge in [0.05, 0.1) is 36.6 Å². The summed E-state index contributed by atoms with van der Waals surface area (Å²) < 4.78 is 13.1.